The Hall–Kier alpha value is -1.07. The third kappa shape index (κ3) is 4.21. The van der Waals surface area contributed by atoms with Gasteiger partial charge in [-0.2, -0.15) is 0 Å². The highest BCUT2D eigenvalue weighted by atomic mass is 79.9. The topological polar surface area (TPSA) is 49.4 Å². The van der Waals surface area contributed by atoms with Gasteiger partial charge in [0, 0.05) is 30.1 Å². The summed E-state index contributed by atoms with van der Waals surface area (Å²) in [5.41, 5.74) is 0.485. The van der Waals surface area contributed by atoms with Crippen molar-refractivity contribution in [3.05, 3.63) is 33.3 Å². The highest BCUT2D eigenvalue weighted by molar-refractivity contribution is 9.10. The van der Waals surface area contributed by atoms with Gasteiger partial charge in [0.1, 0.15) is 0 Å². The first kappa shape index (κ1) is 16.0. The molecule has 19 heavy (non-hydrogen) atoms. The van der Waals surface area contributed by atoms with Crippen LogP contribution in [0.15, 0.2) is 22.7 Å². The Labute approximate surface area is 126 Å². The second-order valence-electron chi connectivity index (χ2n) is 4.33. The van der Waals surface area contributed by atoms with Gasteiger partial charge in [0.2, 0.25) is 5.91 Å². The molecule has 1 rings (SSSR count). The highest BCUT2D eigenvalue weighted by Crippen LogP contribution is 2.22. The summed E-state index contributed by atoms with van der Waals surface area (Å²) in [5.74, 6) is -0.535. The molecule has 1 aromatic rings. The maximum Gasteiger partial charge on any atom is 0.254 e. The smallest absolute Gasteiger partial charge is 0.254 e. The summed E-state index contributed by atoms with van der Waals surface area (Å²) in [5, 5.41) is 3.06. The molecule has 0 aliphatic carbocycles. The van der Waals surface area contributed by atoms with Gasteiger partial charge in [-0.1, -0.05) is 18.5 Å². The Morgan fingerprint density at radius 1 is 1.47 bits per heavy atom. The molecule has 0 radical (unpaired) electrons. The Morgan fingerprint density at radius 3 is 2.68 bits per heavy atom. The summed E-state index contributed by atoms with van der Waals surface area (Å²) in [7, 11) is 3.24. The van der Waals surface area contributed by atoms with E-state index >= 15 is 0 Å². The molecule has 0 saturated heterocycles. The number of carbonyl (C=O) groups excluding carboxylic acids is 2. The van der Waals surface area contributed by atoms with Gasteiger partial charge in [-0.05, 0) is 34.1 Å². The number of halogens is 2. The van der Waals surface area contributed by atoms with E-state index in [9.17, 15) is 9.59 Å². The number of nitrogens with one attached hydrogen (secondary N) is 1. The summed E-state index contributed by atoms with van der Waals surface area (Å²) in [4.78, 5) is 25.2. The zero-order valence-corrected chi connectivity index (χ0v) is 13.4. The second-order valence-corrected chi connectivity index (χ2v) is 5.62. The Bertz CT molecular complexity index is 494. The van der Waals surface area contributed by atoms with Crippen molar-refractivity contribution in [2.45, 2.75) is 6.92 Å². The first-order valence-electron chi connectivity index (χ1n) is 5.79. The van der Waals surface area contributed by atoms with Crippen LogP contribution in [0, 0.1) is 5.92 Å². The van der Waals surface area contributed by atoms with Crippen molar-refractivity contribution < 1.29 is 9.59 Å². The van der Waals surface area contributed by atoms with Crippen LogP contribution in [0.25, 0.3) is 0 Å². The fraction of sp³-hybridized carbons (Fsp3) is 0.385. The van der Waals surface area contributed by atoms with E-state index in [1.54, 1.807) is 39.2 Å². The van der Waals surface area contributed by atoms with Crippen molar-refractivity contribution in [1.82, 2.24) is 10.2 Å². The minimum atomic E-state index is -0.267. The van der Waals surface area contributed by atoms with Crippen LogP contribution in [0.5, 0.6) is 0 Å². The summed E-state index contributed by atoms with van der Waals surface area (Å²) >= 11 is 9.21. The molecule has 0 spiro atoms. The molecule has 0 aliphatic heterocycles. The molecule has 1 aromatic carbocycles. The molecule has 1 atom stereocenters. The lowest BCUT2D eigenvalue weighted by Gasteiger charge is -2.21. The van der Waals surface area contributed by atoms with Gasteiger partial charge in [0.05, 0.1) is 11.5 Å². The summed E-state index contributed by atoms with van der Waals surface area (Å²) in [6.07, 6.45) is 0. The van der Waals surface area contributed by atoms with E-state index in [2.05, 4.69) is 21.2 Å². The molecular weight excluding hydrogens is 332 g/mol. The van der Waals surface area contributed by atoms with Crippen LogP contribution in [0.2, 0.25) is 5.02 Å². The minimum Gasteiger partial charge on any atom is -0.359 e. The number of nitrogens with zero attached hydrogens (tertiary/aromatic N) is 1. The van der Waals surface area contributed by atoms with E-state index in [0.717, 1.165) is 0 Å². The molecule has 0 aromatic heterocycles. The normalized spacial score (nSPS) is 11.8. The lowest BCUT2D eigenvalue weighted by Crippen LogP contribution is -2.37. The van der Waals surface area contributed by atoms with Crippen molar-refractivity contribution in [3.8, 4) is 0 Å². The fourth-order valence-corrected chi connectivity index (χ4v) is 2.28. The van der Waals surface area contributed by atoms with Crippen molar-refractivity contribution in [1.29, 1.82) is 0 Å². The van der Waals surface area contributed by atoms with Gasteiger partial charge >= 0.3 is 0 Å². The molecular formula is C13H16BrClN2O2. The van der Waals surface area contributed by atoms with Crippen LogP contribution in [0.3, 0.4) is 0 Å². The molecule has 0 fully saturated rings. The predicted molar refractivity (Wildman–Crippen MR) is 79.3 cm³/mol. The van der Waals surface area contributed by atoms with E-state index in [1.165, 1.54) is 4.90 Å². The highest BCUT2D eigenvalue weighted by Gasteiger charge is 2.20. The van der Waals surface area contributed by atoms with Crippen LogP contribution in [0.1, 0.15) is 17.3 Å². The first-order chi connectivity index (χ1) is 8.86. The van der Waals surface area contributed by atoms with E-state index in [0.29, 0.717) is 21.6 Å². The summed E-state index contributed by atoms with van der Waals surface area (Å²) in [6, 6.07) is 5.04. The van der Waals surface area contributed by atoms with Crippen LogP contribution in [-0.2, 0) is 4.79 Å². The largest absolute Gasteiger partial charge is 0.359 e. The lowest BCUT2D eigenvalue weighted by molar-refractivity contribution is -0.124. The summed E-state index contributed by atoms with van der Waals surface area (Å²) < 4.78 is 0.682. The average molecular weight is 348 g/mol. The molecule has 6 heteroatoms. The van der Waals surface area contributed by atoms with Crippen LogP contribution in [-0.4, -0.2) is 37.4 Å². The molecule has 1 unspecified atom stereocenters. The number of rotatable bonds is 4. The Morgan fingerprint density at radius 2 is 2.11 bits per heavy atom. The van der Waals surface area contributed by atoms with E-state index in [1.807, 2.05) is 0 Å². The van der Waals surface area contributed by atoms with E-state index < -0.39 is 0 Å². The van der Waals surface area contributed by atoms with Gasteiger partial charge in [-0.25, -0.2) is 0 Å². The molecule has 0 bridgehead atoms. The second kappa shape index (κ2) is 6.91. The zero-order chi connectivity index (χ0) is 14.6. The predicted octanol–water partition coefficient (Wildman–Crippen LogP) is 2.56. The van der Waals surface area contributed by atoms with Crippen molar-refractivity contribution in [2.75, 3.05) is 20.6 Å². The molecule has 2 amide bonds. The van der Waals surface area contributed by atoms with Crippen molar-refractivity contribution in [2.24, 2.45) is 5.92 Å². The summed E-state index contributed by atoms with van der Waals surface area (Å²) in [6.45, 7) is 2.12. The maximum absolute atomic E-state index is 12.3. The minimum absolute atomic E-state index is 0.0928. The molecule has 104 valence electrons. The van der Waals surface area contributed by atoms with Crippen LogP contribution in [0.4, 0.5) is 0 Å². The zero-order valence-electron chi connectivity index (χ0n) is 11.0. The monoisotopic (exact) mass is 346 g/mol. The lowest BCUT2D eigenvalue weighted by atomic mass is 10.1. The number of carbonyl (C=O) groups is 2. The maximum atomic E-state index is 12.3. The Balaban J connectivity index is 2.82. The van der Waals surface area contributed by atoms with Crippen LogP contribution >= 0.6 is 27.5 Å². The van der Waals surface area contributed by atoms with Crippen LogP contribution < -0.4 is 5.32 Å². The van der Waals surface area contributed by atoms with Gasteiger partial charge < -0.3 is 10.2 Å². The standard InChI is InChI=1S/C13H16BrClN2O2/c1-8(12(18)16-2)7-17(3)13(19)10-6-9(15)4-5-11(10)14/h4-6,8H,7H2,1-3H3,(H,16,18). The third-order valence-electron chi connectivity index (χ3n) is 2.75. The molecule has 0 saturated carbocycles. The van der Waals surface area contributed by atoms with E-state index in [-0.39, 0.29) is 17.7 Å². The number of hydrogen-bond acceptors (Lipinski definition) is 2. The molecule has 1 N–H and O–H groups in total. The fourth-order valence-electron chi connectivity index (χ4n) is 1.69. The molecule has 4 nitrogen and oxygen atoms in total. The van der Waals surface area contributed by atoms with Gasteiger partial charge in [-0.3, -0.25) is 9.59 Å². The number of benzene rings is 1. The third-order valence-corrected chi connectivity index (χ3v) is 3.67. The first-order valence-corrected chi connectivity index (χ1v) is 6.96. The molecule has 0 heterocycles. The number of hydrogen-bond donors (Lipinski definition) is 1. The van der Waals surface area contributed by atoms with E-state index in [4.69, 9.17) is 11.6 Å². The average Bonchev–Trinajstić information content (AvgIpc) is 2.39. The quantitative estimate of drug-likeness (QED) is 0.910. The molecule has 0 aliphatic rings. The van der Waals surface area contributed by atoms with Crippen molar-refractivity contribution in [3.63, 3.8) is 0 Å². The van der Waals surface area contributed by atoms with Gasteiger partial charge in [-0.15, -0.1) is 0 Å². The number of amides is 2. The SMILES string of the molecule is CNC(=O)C(C)CN(C)C(=O)c1cc(Cl)ccc1Br. The Kier molecular flexibility index (Phi) is 5.82. The van der Waals surface area contributed by atoms with Gasteiger partial charge in [0.15, 0.2) is 0 Å². The van der Waals surface area contributed by atoms with Gasteiger partial charge in [0.25, 0.3) is 5.91 Å². The van der Waals surface area contributed by atoms with Crippen molar-refractivity contribution >= 4 is 39.3 Å².